The maximum Gasteiger partial charge on any atom is 0.259 e. The van der Waals surface area contributed by atoms with Crippen LogP contribution in [-0.4, -0.2) is 18.8 Å². The first-order valence-electron chi connectivity index (χ1n) is 6.50. The van der Waals surface area contributed by atoms with E-state index in [1.54, 1.807) is 30.1 Å². The number of hydrogen-bond donors (Lipinski definition) is 0. The third-order valence-corrected chi connectivity index (χ3v) is 4.28. The predicted octanol–water partition coefficient (Wildman–Crippen LogP) is 3.13. The molecule has 0 atom stereocenters. The Hall–Kier alpha value is -2.27. The minimum absolute atomic E-state index is 0.0311. The van der Waals surface area contributed by atoms with Gasteiger partial charge in [-0.05, 0) is 35.2 Å². The van der Waals surface area contributed by atoms with Crippen molar-refractivity contribution in [2.75, 3.05) is 14.2 Å². The standard InChI is InChI=1S/C16H15NO3S/c1-19-13-4-3-11(9-14(13)20-2)10-17-7-5-15-12(16(17)18)6-8-21-15/h3-9H,10H2,1-2H3. The molecular weight excluding hydrogens is 286 g/mol. The molecule has 0 amide bonds. The van der Waals surface area contributed by atoms with Crippen LogP contribution < -0.4 is 15.0 Å². The van der Waals surface area contributed by atoms with E-state index in [2.05, 4.69) is 0 Å². The zero-order valence-electron chi connectivity index (χ0n) is 11.8. The van der Waals surface area contributed by atoms with Gasteiger partial charge in [-0.1, -0.05) is 6.07 Å². The van der Waals surface area contributed by atoms with Crippen LogP contribution in [-0.2, 0) is 6.54 Å². The Bertz CT molecular complexity index is 835. The van der Waals surface area contributed by atoms with Crippen molar-refractivity contribution < 1.29 is 9.47 Å². The first-order valence-corrected chi connectivity index (χ1v) is 7.38. The first-order chi connectivity index (χ1) is 10.2. The molecule has 21 heavy (non-hydrogen) atoms. The molecule has 3 rings (SSSR count). The molecule has 4 nitrogen and oxygen atoms in total. The van der Waals surface area contributed by atoms with Gasteiger partial charge in [-0.15, -0.1) is 11.3 Å². The van der Waals surface area contributed by atoms with E-state index in [9.17, 15) is 4.79 Å². The molecule has 0 saturated heterocycles. The fourth-order valence-corrected chi connectivity index (χ4v) is 3.08. The van der Waals surface area contributed by atoms with Crippen LogP contribution in [0.2, 0.25) is 0 Å². The van der Waals surface area contributed by atoms with Crippen molar-refractivity contribution in [3.05, 3.63) is 57.8 Å². The van der Waals surface area contributed by atoms with Crippen molar-refractivity contribution in [3.63, 3.8) is 0 Å². The molecule has 0 N–H and O–H groups in total. The molecule has 1 aromatic carbocycles. The maximum absolute atomic E-state index is 12.4. The highest BCUT2D eigenvalue weighted by Gasteiger charge is 2.07. The van der Waals surface area contributed by atoms with Crippen LogP contribution >= 0.6 is 11.3 Å². The zero-order chi connectivity index (χ0) is 14.8. The van der Waals surface area contributed by atoms with Crippen molar-refractivity contribution in [2.24, 2.45) is 0 Å². The summed E-state index contributed by atoms with van der Waals surface area (Å²) in [4.78, 5) is 12.4. The number of aromatic nitrogens is 1. The molecular formula is C16H15NO3S. The van der Waals surface area contributed by atoms with Crippen LogP contribution in [0.3, 0.4) is 0 Å². The van der Waals surface area contributed by atoms with E-state index >= 15 is 0 Å². The molecule has 0 fully saturated rings. The van der Waals surface area contributed by atoms with Crippen molar-refractivity contribution in [1.29, 1.82) is 0 Å². The predicted molar refractivity (Wildman–Crippen MR) is 84.7 cm³/mol. The van der Waals surface area contributed by atoms with Crippen LogP contribution in [0.25, 0.3) is 10.1 Å². The second-order valence-corrected chi connectivity index (χ2v) is 5.58. The van der Waals surface area contributed by atoms with Gasteiger partial charge in [0.25, 0.3) is 5.56 Å². The molecule has 0 radical (unpaired) electrons. The third kappa shape index (κ3) is 2.52. The van der Waals surface area contributed by atoms with Gasteiger partial charge in [0, 0.05) is 10.9 Å². The molecule has 0 bridgehead atoms. The van der Waals surface area contributed by atoms with Gasteiger partial charge in [-0.2, -0.15) is 0 Å². The lowest BCUT2D eigenvalue weighted by molar-refractivity contribution is 0.354. The summed E-state index contributed by atoms with van der Waals surface area (Å²) in [7, 11) is 3.21. The number of nitrogens with zero attached hydrogens (tertiary/aromatic N) is 1. The Morgan fingerprint density at radius 3 is 2.67 bits per heavy atom. The van der Waals surface area contributed by atoms with Gasteiger partial charge in [-0.25, -0.2) is 0 Å². The number of hydrogen-bond acceptors (Lipinski definition) is 4. The number of benzene rings is 1. The van der Waals surface area contributed by atoms with E-state index in [-0.39, 0.29) is 5.56 Å². The molecule has 0 unspecified atom stereocenters. The van der Waals surface area contributed by atoms with E-state index in [0.29, 0.717) is 18.0 Å². The Labute approximate surface area is 126 Å². The van der Waals surface area contributed by atoms with Crippen LogP contribution in [0.1, 0.15) is 5.56 Å². The number of pyridine rings is 1. The normalized spacial score (nSPS) is 10.8. The molecule has 0 aliphatic carbocycles. The van der Waals surface area contributed by atoms with E-state index < -0.39 is 0 Å². The molecule has 2 aromatic heterocycles. The molecule has 0 saturated carbocycles. The van der Waals surface area contributed by atoms with Crippen LogP contribution in [0.5, 0.6) is 11.5 Å². The van der Waals surface area contributed by atoms with Gasteiger partial charge >= 0.3 is 0 Å². The summed E-state index contributed by atoms with van der Waals surface area (Å²) < 4.78 is 13.2. The minimum atomic E-state index is 0.0311. The number of methoxy groups -OCH3 is 2. The third-order valence-electron chi connectivity index (χ3n) is 3.39. The number of thiophene rings is 1. The average molecular weight is 301 g/mol. The Balaban J connectivity index is 1.98. The van der Waals surface area contributed by atoms with E-state index in [4.69, 9.17) is 9.47 Å². The lowest BCUT2D eigenvalue weighted by Gasteiger charge is -2.11. The Morgan fingerprint density at radius 1 is 1.10 bits per heavy atom. The van der Waals surface area contributed by atoms with E-state index in [0.717, 1.165) is 15.6 Å². The second-order valence-electron chi connectivity index (χ2n) is 4.64. The van der Waals surface area contributed by atoms with Gasteiger partial charge in [0.05, 0.1) is 26.2 Å². The second kappa shape index (κ2) is 5.61. The molecule has 0 aliphatic heterocycles. The summed E-state index contributed by atoms with van der Waals surface area (Å²) in [5, 5.41) is 2.70. The monoisotopic (exact) mass is 301 g/mol. The fraction of sp³-hybridized carbons (Fsp3) is 0.188. The lowest BCUT2D eigenvalue weighted by atomic mass is 10.2. The van der Waals surface area contributed by atoms with Gasteiger partial charge in [0.15, 0.2) is 11.5 Å². The molecule has 2 heterocycles. The summed E-state index contributed by atoms with van der Waals surface area (Å²) in [5.41, 5.74) is 1.02. The number of fused-ring (bicyclic) bond motifs is 1. The highest BCUT2D eigenvalue weighted by atomic mass is 32.1. The Kier molecular flexibility index (Phi) is 3.66. The zero-order valence-corrected chi connectivity index (χ0v) is 12.6. The molecule has 0 spiro atoms. The number of rotatable bonds is 4. The lowest BCUT2D eigenvalue weighted by Crippen LogP contribution is -2.19. The summed E-state index contributed by atoms with van der Waals surface area (Å²) in [6, 6.07) is 9.52. The molecule has 108 valence electrons. The molecule has 3 aromatic rings. The van der Waals surface area contributed by atoms with Gasteiger partial charge in [-0.3, -0.25) is 4.79 Å². The van der Waals surface area contributed by atoms with Crippen molar-refractivity contribution in [3.8, 4) is 11.5 Å². The average Bonchev–Trinajstić information content (AvgIpc) is 2.99. The van der Waals surface area contributed by atoms with E-state index in [1.807, 2.05) is 41.9 Å². The smallest absolute Gasteiger partial charge is 0.259 e. The number of ether oxygens (including phenoxy) is 2. The highest BCUT2D eigenvalue weighted by molar-refractivity contribution is 7.17. The summed E-state index contributed by atoms with van der Waals surface area (Å²) in [6.07, 6.45) is 1.83. The quantitative estimate of drug-likeness (QED) is 0.743. The Morgan fingerprint density at radius 2 is 1.90 bits per heavy atom. The summed E-state index contributed by atoms with van der Waals surface area (Å²) in [5.74, 6) is 1.35. The van der Waals surface area contributed by atoms with Crippen LogP contribution in [0.4, 0.5) is 0 Å². The summed E-state index contributed by atoms with van der Waals surface area (Å²) in [6.45, 7) is 0.505. The largest absolute Gasteiger partial charge is 0.493 e. The first kappa shape index (κ1) is 13.7. The van der Waals surface area contributed by atoms with Crippen molar-refractivity contribution in [1.82, 2.24) is 4.57 Å². The molecule has 0 aliphatic rings. The van der Waals surface area contributed by atoms with Crippen molar-refractivity contribution >= 4 is 21.4 Å². The SMILES string of the molecule is COc1ccc(Cn2ccc3sccc3c2=O)cc1OC. The fourth-order valence-electron chi connectivity index (χ4n) is 2.31. The van der Waals surface area contributed by atoms with Crippen LogP contribution in [0.15, 0.2) is 46.7 Å². The van der Waals surface area contributed by atoms with Gasteiger partial charge in [0.1, 0.15) is 0 Å². The topological polar surface area (TPSA) is 40.5 Å². The maximum atomic E-state index is 12.4. The minimum Gasteiger partial charge on any atom is -0.493 e. The van der Waals surface area contributed by atoms with Gasteiger partial charge < -0.3 is 14.0 Å². The van der Waals surface area contributed by atoms with E-state index in [1.165, 1.54) is 0 Å². The highest BCUT2D eigenvalue weighted by Crippen LogP contribution is 2.27. The van der Waals surface area contributed by atoms with Crippen molar-refractivity contribution in [2.45, 2.75) is 6.54 Å². The summed E-state index contributed by atoms with van der Waals surface area (Å²) >= 11 is 1.58. The molecule has 5 heteroatoms. The van der Waals surface area contributed by atoms with Crippen LogP contribution in [0, 0.1) is 0 Å². The van der Waals surface area contributed by atoms with Gasteiger partial charge in [0.2, 0.25) is 0 Å².